The van der Waals surface area contributed by atoms with E-state index in [2.05, 4.69) is 615 Å². The summed E-state index contributed by atoms with van der Waals surface area (Å²) in [7, 11) is 0. The Bertz CT molecular complexity index is 9120. The fourth-order valence-corrected chi connectivity index (χ4v) is 22.4. The smallest absolute Gasteiger partial charge is 0.0714 e. The first-order valence-corrected chi connectivity index (χ1v) is 50.3. The molecular formula is C143H99N3. The van der Waals surface area contributed by atoms with E-state index in [1.807, 2.05) is 0 Å². The summed E-state index contributed by atoms with van der Waals surface area (Å²) in [6.45, 7) is 0. The summed E-state index contributed by atoms with van der Waals surface area (Å²) in [5.41, 5.74) is 34.5. The number of benzene rings is 26. The first-order valence-electron chi connectivity index (χ1n) is 50.3. The average molecular weight is 1860 g/mol. The molecule has 0 amide bonds. The van der Waals surface area contributed by atoms with Crippen molar-refractivity contribution < 1.29 is 0 Å². The molecule has 0 N–H and O–H groups in total. The minimum atomic E-state index is -0.469. The second-order valence-corrected chi connectivity index (χ2v) is 37.6. The maximum Gasteiger partial charge on any atom is 0.0714 e. The van der Waals surface area contributed by atoms with Gasteiger partial charge in [-0.3, -0.25) is 0 Å². The number of hydrogen-bond acceptors (Lipinski definition) is 3. The monoisotopic (exact) mass is 1860 g/mol. The van der Waals surface area contributed by atoms with Crippen LogP contribution in [-0.4, -0.2) is 0 Å². The van der Waals surface area contributed by atoms with Gasteiger partial charge in [0.05, 0.1) is 28.2 Å². The molecule has 26 aromatic carbocycles. The van der Waals surface area contributed by atoms with Crippen molar-refractivity contribution in [1.82, 2.24) is 0 Å². The lowest BCUT2D eigenvalue weighted by atomic mass is 9.68. The minimum Gasteiger partial charge on any atom is -0.310 e. The van der Waals surface area contributed by atoms with Gasteiger partial charge in [0, 0.05) is 50.2 Å². The molecule has 27 rings (SSSR count). The Morgan fingerprint density at radius 2 is 0.363 bits per heavy atom. The zero-order valence-corrected chi connectivity index (χ0v) is 80.5. The highest BCUT2D eigenvalue weighted by Crippen LogP contribution is 2.60. The van der Waals surface area contributed by atoms with Crippen molar-refractivity contribution in [1.29, 1.82) is 0 Å². The Kier molecular flexibility index (Phi) is 23.7. The van der Waals surface area contributed by atoms with Gasteiger partial charge in [0.25, 0.3) is 0 Å². The largest absolute Gasteiger partial charge is 0.310 e. The first kappa shape index (κ1) is 88.4. The normalized spacial score (nSPS) is 11.8. The van der Waals surface area contributed by atoms with Crippen LogP contribution in [0.15, 0.2) is 601 Å². The van der Waals surface area contributed by atoms with Crippen molar-refractivity contribution in [2.75, 3.05) is 14.7 Å². The molecule has 26 aromatic rings. The standard InChI is InChI=1S/C53H37N.C48H33N.C42H29N/c1-5-18-39(19-6-1)48-37-41(36-40-20-13-14-27-46(40)48)38-32-34-45(35-33-38)54(44-25-11-4-12-26-44)51-31-17-30-50-52(51)47-28-15-16-29-49(47)53(50,42-21-7-2-8-22-42)43-23-9-3-10-24-43;1-2-12-37(13-3-1)47-33-40(32-39-16-6-8-20-45(39)47)34-24-28-41(29-25-34)49(48-23-11-18-36-15-5-9-21-46(36)48)42-30-26-38(27-31-42)44-22-10-17-35-14-4-7-19-43(35)44;1-2-12-33(13-3-1)40-29-35(28-34-16-6-7-19-37(34)40)30-24-26-36(27-25-30)43(41-22-10-17-31-14-4-8-20-38(31)41)42-23-11-18-32-15-5-9-21-39(32)42/h1-37H;1-33H;1-29H. The van der Waals surface area contributed by atoms with Crippen LogP contribution < -0.4 is 14.7 Å². The summed E-state index contributed by atoms with van der Waals surface area (Å²) in [5, 5.41) is 17.4. The molecule has 0 radical (unpaired) electrons. The van der Waals surface area contributed by atoms with Gasteiger partial charge in [-0.15, -0.1) is 0 Å². The van der Waals surface area contributed by atoms with Gasteiger partial charge in [-0.25, -0.2) is 0 Å². The predicted molar refractivity (Wildman–Crippen MR) is 621 cm³/mol. The number of hydrogen-bond donors (Lipinski definition) is 0. The van der Waals surface area contributed by atoms with Crippen LogP contribution in [0.4, 0.5) is 51.2 Å². The Labute approximate surface area is 852 Å². The summed E-state index contributed by atoms with van der Waals surface area (Å²) in [6, 6.07) is 218. The Morgan fingerprint density at radius 3 is 0.753 bits per heavy atom. The molecule has 0 saturated carbocycles. The van der Waals surface area contributed by atoms with Crippen molar-refractivity contribution >= 4 is 127 Å². The van der Waals surface area contributed by atoms with Crippen molar-refractivity contribution in [2.24, 2.45) is 0 Å². The first-order chi connectivity index (χ1) is 72.4. The summed E-state index contributed by atoms with van der Waals surface area (Å²) in [5.74, 6) is 0. The van der Waals surface area contributed by atoms with Gasteiger partial charge in [-0.05, 0) is 286 Å². The van der Waals surface area contributed by atoms with E-state index in [1.54, 1.807) is 0 Å². The van der Waals surface area contributed by atoms with Gasteiger partial charge in [-0.1, -0.05) is 479 Å². The molecule has 0 bridgehead atoms. The van der Waals surface area contributed by atoms with E-state index in [9.17, 15) is 0 Å². The SMILES string of the molecule is c1ccc(-c2cc(-c3ccc(N(c4ccc(-c5cccc6ccccc56)cc4)c4cccc5ccccc45)cc3)cc3ccccc23)cc1.c1ccc(-c2cc(-c3ccc(N(c4cccc5ccccc45)c4cccc5ccccc45)cc3)cc3ccccc23)cc1.c1ccc(-c2cc(-c3ccc(N(c4ccccc4)c4cccc5c4-c4ccccc4C5(c4ccccc4)c4ccccc4)cc3)cc3ccccc23)cc1. The third kappa shape index (κ3) is 16.7. The summed E-state index contributed by atoms with van der Waals surface area (Å²) < 4.78 is 0. The molecule has 0 aliphatic heterocycles. The topological polar surface area (TPSA) is 9.72 Å². The zero-order valence-electron chi connectivity index (χ0n) is 80.5. The van der Waals surface area contributed by atoms with E-state index in [0.29, 0.717) is 0 Å². The van der Waals surface area contributed by atoms with E-state index >= 15 is 0 Å². The molecule has 686 valence electrons. The number of rotatable bonds is 18. The highest BCUT2D eigenvalue weighted by Gasteiger charge is 2.47. The zero-order chi connectivity index (χ0) is 97.1. The van der Waals surface area contributed by atoms with Crippen LogP contribution in [0.5, 0.6) is 0 Å². The van der Waals surface area contributed by atoms with Crippen LogP contribution in [0.3, 0.4) is 0 Å². The molecule has 0 spiro atoms. The van der Waals surface area contributed by atoms with E-state index in [1.165, 1.54) is 198 Å². The fourth-order valence-electron chi connectivity index (χ4n) is 22.4. The van der Waals surface area contributed by atoms with Crippen molar-refractivity contribution in [2.45, 2.75) is 5.41 Å². The van der Waals surface area contributed by atoms with Gasteiger partial charge in [0.2, 0.25) is 0 Å². The van der Waals surface area contributed by atoms with Crippen LogP contribution in [0.2, 0.25) is 0 Å². The molecule has 1 aliphatic carbocycles. The van der Waals surface area contributed by atoms with Gasteiger partial charge < -0.3 is 14.7 Å². The maximum atomic E-state index is 2.43. The Balaban J connectivity index is 0.000000115. The van der Waals surface area contributed by atoms with Crippen LogP contribution in [0.25, 0.3) is 164 Å². The molecule has 0 unspecified atom stereocenters. The van der Waals surface area contributed by atoms with Crippen LogP contribution in [-0.2, 0) is 5.41 Å². The van der Waals surface area contributed by atoms with Crippen molar-refractivity contribution in [3.63, 3.8) is 0 Å². The second-order valence-electron chi connectivity index (χ2n) is 37.6. The third-order valence-electron chi connectivity index (χ3n) is 29.2. The lowest BCUT2D eigenvalue weighted by Crippen LogP contribution is -2.28. The minimum absolute atomic E-state index is 0.469. The molecule has 146 heavy (non-hydrogen) atoms. The molecule has 0 atom stereocenters. The lowest BCUT2D eigenvalue weighted by molar-refractivity contribution is 0.768. The number of nitrogens with zero attached hydrogens (tertiary/aromatic N) is 3. The summed E-state index contributed by atoms with van der Waals surface area (Å²) >= 11 is 0. The van der Waals surface area contributed by atoms with E-state index in [0.717, 1.165) is 39.8 Å². The number of fused-ring (bicyclic) bond motifs is 10. The Morgan fingerprint density at radius 1 is 0.123 bits per heavy atom. The van der Waals surface area contributed by atoms with Gasteiger partial charge in [0.1, 0.15) is 0 Å². The van der Waals surface area contributed by atoms with Crippen LogP contribution in [0.1, 0.15) is 22.3 Å². The van der Waals surface area contributed by atoms with Crippen molar-refractivity contribution in [3.05, 3.63) is 623 Å². The maximum absolute atomic E-state index is 2.43. The molecule has 0 heterocycles. The quantitative estimate of drug-likeness (QED) is 0.0848. The number of anilines is 9. The highest BCUT2D eigenvalue weighted by molar-refractivity contribution is 6.09. The molecule has 0 aromatic heterocycles. The average Bonchev–Trinajstić information content (AvgIpc) is 1.53. The lowest BCUT2D eigenvalue weighted by Gasteiger charge is -2.34. The predicted octanol–water partition coefficient (Wildman–Crippen LogP) is 39.6. The number of para-hydroxylation sites is 1. The molecular weight excluding hydrogens is 1760 g/mol. The van der Waals surface area contributed by atoms with Crippen LogP contribution >= 0.6 is 0 Å². The Hall–Kier alpha value is -19.1. The van der Waals surface area contributed by atoms with Gasteiger partial charge in [0.15, 0.2) is 0 Å². The van der Waals surface area contributed by atoms with Crippen molar-refractivity contribution in [3.8, 4) is 89.0 Å². The second kappa shape index (κ2) is 39.2. The van der Waals surface area contributed by atoms with E-state index in [4.69, 9.17) is 0 Å². The van der Waals surface area contributed by atoms with E-state index in [-0.39, 0.29) is 0 Å². The molecule has 1 aliphatic rings. The van der Waals surface area contributed by atoms with E-state index < -0.39 is 5.41 Å². The summed E-state index contributed by atoms with van der Waals surface area (Å²) in [6.07, 6.45) is 0. The molecule has 3 heteroatoms. The summed E-state index contributed by atoms with van der Waals surface area (Å²) in [4.78, 5) is 7.22. The molecule has 0 fully saturated rings. The van der Waals surface area contributed by atoms with Crippen LogP contribution in [0, 0.1) is 0 Å². The molecule has 0 saturated heterocycles. The highest BCUT2D eigenvalue weighted by atomic mass is 15.2. The third-order valence-corrected chi connectivity index (χ3v) is 29.2. The van der Waals surface area contributed by atoms with Gasteiger partial charge in [-0.2, -0.15) is 0 Å². The molecule has 3 nitrogen and oxygen atoms in total. The van der Waals surface area contributed by atoms with Gasteiger partial charge >= 0.3 is 0 Å². The fraction of sp³-hybridized carbons (Fsp3) is 0.00699.